The zero-order valence-corrected chi connectivity index (χ0v) is 11.2. The Morgan fingerprint density at radius 3 is 2.32 bits per heavy atom. The van der Waals surface area contributed by atoms with E-state index in [1.165, 1.54) is 5.56 Å². The van der Waals surface area contributed by atoms with Crippen LogP contribution in [0.2, 0.25) is 0 Å². The molecule has 100 valence electrons. The van der Waals surface area contributed by atoms with Crippen LogP contribution in [0.15, 0.2) is 30.3 Å². The summed E-state index contributed by atoms with van der Waals surface area (Å²) in [6.07, 6.45) is 0.913. The smallest absolute Gasteiger partial charge is 0.147 e. The van der Waals surface area contributed by atoms with Gasteiger partial charge in [-0.3, -0.25) is 4.79 Å². The SMILES string of the molecule is O=C1C2CN3CCN(C2)CC1(Cc1ccccc1)C3. The van der Waals surface area contributed by atoms with Crippen molar-refractivity contribution >= 4 is 5.78 Å². The van der Waals surface area contributed by atoms with Crippen molar-refractivity contribution in [2.75, 3.05) is 39.3 Å². The van der Waals surface area contributed by atoms with Gasteiger partial charge in [-0.25, -0.2) is 0 Å². The van der Waals surface area contributed by atoms with Gasteiger partial charge in [0.05, 0.1) is 5.41 Å². The maximum Gasteiger partial charge on any atom is 0.147 e. The number of ketones is 1. The Morgan fingerprint density at radius 2 is 1.68 bits per heavy atom. The number of piperidine rings is 2. The second-order valence-corrected chi connectivity index (χ2v) is 6.47. The molecule has 2 unspecified atom stereocenters. The van der Waals surface area contributed by atoms with Crippen molar-refractivity contribution in [2.45, 2.75) is 6.42 Å². The lowest BCUT2D eigenvalue weighted by Crippen LogP contribution is -2.62. The Hall–Kier alpha value is -1.19. The van der Waals surface area contributed by atoms with E-state index >= 15 is 0 Å². The fraction of sp³-hybridized carbons (Fsp3) is 0.562. The van der Waals surface area contributed by atoms with Crippen molar-refractivity contribution in [3.05, 3.63) is 35.9 Å². The van der Waals surface area contributed by atoms with Gasteiger partial charge < -0.3 is 9.80 Å². The van der Waals surface area contributed by atoms with E-state index in [0.717, 1.165) is 45.7 Å². The lowest BCUT2D eigenvalue weighted by Gasteiger charge is -2.48. The summed E-state index contributed by atoms with van der Waals surface area (Å²) in [4.78, 5) is 17.8. The van der Waals surface area contributed by atoms with E-state index in [0.29, 0.717) is 5.78 Å². The second kappa shape index (κ2) is 4.15. The molecule has 3 nitrogen and oxygen atoms in total. The third-order valence-corrected chi connectivity index (χ3v) is 5.02. The van der Waals surface area contributed by atoms with Crippen LogP contribution in [0.1, 0.15) is 5.56 Å². The van der Waals surface area contributed by atoms with Crippen molar-refractivity contribution in [3.8, 4) is 0 Å². The quantitative estimate of drug-likeness (QED) is 0.790. The largest absolute Gasteiger partial charge is 0.300 e. The van der Waals surface area contributed by atoms with Crippen LogP contribution in [0.3, 0.4) is 0 Å². The number of carbonyl (C=O) groups is 1. The highest BCUT2D eigenvalue weighted by Crippen LogP contribution is 2.39. The van der Waals surface area contributed by atoms with Gasteiger partial charge in [0.25, 0.3) is 0 Å². The van der Waals surface area contributed by atoms with Crippen LogP contribution in [0.4, 0.5) is 0 Å². The number of carbonyl (C=O) groups excluding carboxylic acids is 1. The van der Waals surface area contributed by atoms with E-state index in [1.54, 1.807) is 0 Å². The van der Waals surface area contributed by atoms with E-state index in [-0.39, 0.29) is 11.3 Å². The average Bonchev–Trinajstić information content (AvgIpc) is 2.65. The van der Waals surface area contributed by atoms with Gasteiger partial charge in [0.1, 0.15) is 5.78 Å². The van der Waals surface area contributed by atoms with Gasteiger partial charge in [0.15, 0.2) is 0 Å². The monoisotopic (exact) mass is 256 g/mol. The average molecular weight is 256 g/mol. The van der Waals surface area contributed by atoms with E-state index in [9.17, 15) is 4.79 Å². The fourth-order valence-corrected chi connectivity index (χ4v) is 4.28. The third kappa shape index (κ3) is 1.84. The van der Waals surface area contributed by atoms with Crippen LogP contribution >= 0.6 is 0 Å². The Balaban J connectivity index is 1.70. The first kappa shape index (κ1) is 11.6. The van der Waals surface area contributed by atoms with Crippen LogP contribution in [-0.4, -0.2) is 54.9 Å². The number of benzene rings is 1. The van der Waals surface area contributed by atoms with Gasteiger partial charge in [-0.2, -0.15) is 0 Å². The second-order valence-electron chi connectivity index (χ2n) is 6.47. The molecule has 0 N–H and O–H groups in total. The van der Waals surface area contributed by atoms with E-state index < -0.39 is 0 Å². The highest BCUT2D eigenvalue weighted by atomic mass is 16.1. The molecule has 0 aliphatic carbocycles. The molecule has 4 bridgehead atoms. The molecular formula is C16H20N2O. The van der Waals surface area contributed by atoms with Crippen molar-refractivity contribution in [3.63, 3.8) is 0 Å². The lowest BCUT2D eigenvalue weighted by atomic mass is 9.68. The molecule has 0 radical (unpaired) electrons. The summed E-state index contributed by atoms with van der Waals surface area (Å²) in [6.45, 7) is 6.19. The molecule has 4 fully saturated rings. The summed E-state index contributed by atoms with van der Waals surface area (Å²) < 4.78 is 0. The van der Waals surface area contributed by atoms with E-state index in [2.05, 4.69) is 34.1 Å². The van der Waals surface area contributed by atoms with Crippen molar-refractivity contribution < 1.29 is 4.79 Å². The molecule has 4 aliphatic rings. The van der Waals surface area contributed by atoms with Crippen LogP contribution in [0.25, 0.3) is 0 Å². The minimum absolute atomic E-state index is 0.140. The first-order chi connectivity index (χ1) is 9.25. The molecule has 1 aromatic carbocycles. The van der Waals surface area contributed by atoms with Gasteiger partial charge in [0, 0.05) is 45.2 Å². The highest BCUT2D eigenvalue weighted by molar-refractivity contribution is 5.90. The Bertz CT molecular complexity index is 483. The number of nitrogens with zero attached hydrogens (tertiary/aromatic N) is 2. The summed E-state index contributed by atoms with van der Waals surface area (Å²) >= 11 is 0. The zero-order chi connectivity index (χ0) is 12.9. The maximum atomic E-state index is 12.8. The Labute approximate surface area is 114 Å². The minimum Gasteiger partial charge on any atom is -0.300 e. The number of rotatable bonds is 2. The predicted molar refractivity (Wildman–Crippen MR) is 74.0 cm³/mol. The van der Waals surface area contributed by atoms with Crippen LogP contribution in [0.5, 0.6) is 0 Å². The molecule has 0 amide bonds. The standard InChI is InChI=1S/C16H20N2O/c19-15-14-9-17-6-7-18(10-14)12-16(15,11-17)8-13-4-2-1-3-5-13/h1-5,14H,6-12H2. The summed E-state index contributed by atoms with van der Waals surface area (Å²) in [5.41, 5.74) is 1.17. The minimum atomic E-state index is -0.140. The first-order valence-corrected chi connectivity index (χ1v) is 7.28. The topological polar surface area (TPSA) is 23.6 Å². The molecule has 0 aromatic heterocycles. The summed E-state index contributed by atoms with van der Waals surface area (Å²) in [6, 6.07) is 10.5. The molecule has 4 aliphatic heterocycles. The van der Waals surface area contributed by atoms with Gasteiger partial charge >= 0.3 is 0 Å². The number of fused-ring (bicyclic) bond motifs is 1. The Kier molecular flexibility index (Phi) is 2.54. The first-order valence-electron chi connectivity index (χ1n) is 7.28. The van der Waals surface area contributed by atoms with Crippen LogP contribution in [0, 0.1) is 11.3 Å². The van der Waals surface area contributed by atoms with Crippen molar-refractivity contribution in [1.82, 2.24) is 9.80 Å². The zero-order valence-electron chi connectivity index (χ0n) is 11.2. The molecule has 19 heavy (non-hydrogen) atoms. The predicted octanol–water partition coefficient (Wildman–Crippen LogP) is 1.05. The van der Waals surface area contributed by atoms with Gasteiger partial charge in [0.2, 0.25) is 0 Å². The fourth-order valence-electron chi connectivity index (χ4n) is 4.28. The van der Waals surface area contributed by atoms with Gasteiger partial charge in [-0.05, 0) is 12.0 Å². The molecule has 0 spiro atoms. The van der Waals surface area contributed by atoms with Gasteiger partial charge in [-0.15, -0.1) is 0 Å². The highest BCUT2D eigenvalue weighted by Gasteiger charge is 2.53. The number of hydrogen-bond acceptors (Lipinski definition) is 3. The summed E-state index contributed by atoms with van der Waals surface area (Å²) in [5.74, 6) is 0.791. The Morgan fingerprint density at radius 1 is 1.05 bits per heavy atom. The van der Waals surface area contributed by atoms with Crippen LogP contribution < -0.4 is 0 Å². The summed E-state index contributed by atoms with van der Waals surface area (Å²) in [5, 5.41) is 0. The van der Waals surface area contributed by atoms with Crippen molar-refractivity contribution in [1.29, 1.82) is 0 Å². The summed E-state index contributed by atoms with van der Waals surface area (Å²) in [7, 11) is 0. The molecule has 5 rings (SSSR count). The normalized spacial score (nSPS) is 40.4. The van der Waals surface area contributed by atoms with Crippen molar-refractivity contribution in [2.24, 2.45) is 11.3 Å². The van der Waals surface area contributed by atoms with Gasteiger partial charge in [-0.1, -0.05) is 30.3 Å². The molecule has 0 saturated carbocycles. The van der Waals surface area contributed by atoms with Crippen LogP contribution in [-0.2, 0) is 11.2 Å². The number of Topliss-reactive ketones (excluding diaryl/α,β-unsaturated/α-hetero) is 1. The van der Waals surface area contributed by atoms with E-state index in [4.69, 9.17) is 0 Å². The molecule has 2 atom stereocenters. The molecule has 1 aromatic rings. The number of hydrogen-bond donors (Lipinski definition) is 0. The maximum absolute atomic E-state index is 12.8. The lowest BCUT2D eigenvalue weighted by molar-refractivity contribution is -0.144. The molecule has 4 heterocycles. The molecule has 4 saturated heterocycles. The van der Waals surface area contributed by atoms with E-state index in [1.807, 2.05) is 6.07 Å². The molecule has 3 heteroatoms. The third-order valence-electron chi connectivity index (χ3n) is 5.02. The molecular weight excluding hydrogens is 236 g/mol.